The first kappa shape index (κ1) is 14.2. The molecule has 2 atom stereocenters. The Hall–Kier alpha value is -0.710. The molecule has 0 aromatic heterocycles. The number of carbonyl (C=O) groups excluding carboxylic acids is 1. The average molecular weight is 280 g/mol. The zero-order valence-corrected chi connectivity index (χ0v) is 12.6. The lowest BCUT2D eigenvalue weighted by atomic mass is 9.94. The summed E-state index contributed by atoms with van der Waals surface area (Å²) in [4.78, 5) is 12.1. The lowest BCUT2D eigenvalue weighted by Gasteiger charge is -2.32. The lowest BCUT2D eigenvalue weighted by molar-refractivity contribution is -0.193. The Bertz CT molecular complexity index is 426. The summed E-state index contributed by atoms with van der Waals surface area (Å²) in [7, 11) is 0. The Labute approximate surface area is 120 Å². The zero-order chi connectivity index (χ0) is 14.4. The topological polar surface area (TPSA) is 44.8 Å². The van der Waals surface area contributed by atoms with Gasteiger partial charge in [0.05, 0.1) is 12.2 Å². The minimum atomic E-state index is -0.509. The molecule has 3 rings (SSSR count). The van der Waals surface area contributed by atoms with Gasteiger partial charge in [-0.05, 0) is 45.3 Å². The molecule has 2 aliphatic carbocycles. The fraction of sp³-hybridized carbons (Fsp3) is 0.812. The molecular weight excluding hydrogens is 256 g/mol. The summed E-state index contributed by atoms with van der Waals surface area (Å²) in [6, 6.07) is 0. The normalized spacial score (nSPS) is 32.5. The third-order valence-corrected chi connectivity index (χ3v) is 4.22. The fourth-order valence-electron chi connectivity index (χ4n) is 3.19. The van der Waals surface area contributed by atoms with Crippen LogP contribution < -0.4 is 0 Å². The van der Waals surface area contributed by atoms with Gasteiger partial charge in [-0.1, -0.05) is 6.42 Å². The maximum absolute atomic E-state index is 12.1. The fourth-order valence-corrected chi connectivity index (χ4v) is 3.19. The Balaban J connectivity index is 1.69. The molecule has 0 amide bonds. The largest absolute Gasteiger partial charge is 0.371 e. The number of rotatable bonds is 2. The van der Waals surface area contributed by atoms with E-state index in [-0.39, 0.29) is 17.5 Å². The predicted octanol–water partition coefficient (Wildman–Crippen LogP) is 2.76. The molecule has 0 aromatic rings. The van der Waals surface area contributed by atoms with E-state index in [1.54, 1.807) is 6.08 Å². The second-order valence-electron chi connectivity index (χ2n) is 7.07. The van der Waals surface area contributed by atoms with Crippen molar-refractivity contribution in [3.63, 3.8) is 0 Å². The molecule has 1 aliphatic heterocycles. The maximum Gasteiger partial charge on any atom is 0.187 e. The number of carbonyl (C=O) groups is 1. The van der Waals surface area contributed by atoms with E-state index in [0.717, 1.165) is 31.3 Å². The van der Waals surface area contributed by atoms with Crippen LogP contribution >= 0.6 is 0 Å². The van der Waals surface area contributed by atoms with Crippen molar-refractivity contribution in [3.8, 4) is 0 Å². The third kappa shape index (κ3) is 2.69. The van der Waals surface area contributed by atoms with E-state index in [0.29, 0.717) is 6.61 Å². The van der Waals surface area contributed by atoms with Crippen LogP contribution in [0.25, 0.3) is 0 Å². The van der Waals surface area contributed by atoms with E-state index < -0.39 is 11.9 Å². The van der Waals surface area contributed by atoms with E-state index in [1.165, 1.54) is 6.42 Å². The Morgan fingerprint density at radius 1 is 1.20 bits per heavy atom. The van der Waals surface area contributed by atoms with Gasteiger partial charge in [0.1, 0.15) is 6.10 Å². The molecule has 3 aliphatic rings. The molecule has 1 spiro atoms. The SMILES string of the molecule is CC(C)(C)OCC1=CC(=O)C2OC3(CCCCC3)O[C@@H]12. The minimum Gasteiger partial charge on any atom is -0.371 e. The van der Waals surface area contributed by atoms with Crippen molar-refractivity contribution in [1.82, 2.24) is 0 Å². The molecular formula is C16H24O4. The van der Waals surface area contributed by atoms with Gasteiger partial charge in [-0.25, -0.2) is 0 Å². The highest BCUT2D eigenvalue weighted by atomic mass is 16.8. The van der Waals surface area contributed by atoms with Gasteiger partial charge in [0.15, 0.2) is 17.7 Å². The van der Waals surface area contributed by atoms with Crippen molar-refractivity contribution < 1.29 is 19.0 Å². The van der Waals surface area contributed by atoms with Gasteiger partial charge in [-0.15, -0.1) is 0 Å². The van der Waals surface area contributed by atoms with E-state index >= 15 is 0 Å². The first-order valence-corrected chi connectivity index (χ1v) is 7.63. The second kappa shape index (κ2) is 4.93. The van der Waals surface area contributed by atoms with E-state index in [2.05, 4.69) is 0 Å². The zero-order valence-electron chi connectivity index (χ0n) is 12.6. The summed E-state index contributed by atoms with van der Waals surface area (Å²) >= 11 is 0. The molecule has 2 fully saturated rings. The highest BCUT2D eigenvalue weighted by Gasteiger charge is 2.53. The Kier molecular flexibility index (Phi) is 3.51. The van der Waals surface area contributed by atoms with Gasteiger partial charge in [-0.2, -0.15) is 0 Å². The highest BCUT2D eigenvalue weighted by molar-refractivity contribution is 5.98. The van der Waals surface area contributed by atoms with Gasteiger partial charge in [-0.3, -0.25) is 4.79 Å². The van der Waals surface area contributed by atoms with Crippen molar-refractivity contribution in [1.29, 1.82) is 0 Å². The van der Waals surface area contributed by atoms with Crippen molar-refractivity contribution in [3.05, 3.63) is 11.6 Å². The number of ketones is 1. The quantitative estimate of drug-likeness (QED) is 0.780. The van der Waals surface area contributed by atoms with Crippen molar-refractivity contribution in [2.24, 2.45) is 0 Å². The molecule has 20 heavy (non-hydrogen) atoms. The molecule has 1 heterocycles. The maximum atomic E-state index is 12.1. The summed E-state index contributed by atoms with van der Waals surface area (Å²) < 4.78 is 18.0. The van der Waals surface area contributed by atoms with Crippen LogP contribution in [-0.2, 0) is 19.0 Å². The van der Waals surface area contributed by atoms with Gasteiger partial charge in [0.2, 0.25) is 0 Å². The lowest BCUT2D eigenvalue weighted by Crippen LogP contribution is -2.34. The molecule has 4 nitrogen and oxygen atoms in total. The number of hydrogen-bond acceptors (Lipinski definition) is 4. The Morgan fingerprint density at radius 3 is 2.50 bits per heavy atom. The molecule has 0 radical (unpaired) electrons. The summed E-state index contributed by atoms with van der Waals surface area (Å²) in [5, 5.41) is 0. The van der Waals surface area contributed by atoms with E-state index in [4.69, 9.17) is 14.2 Å². The van der Waals surface area contributed by atoms with Gasteiger partial charge < -0.3 is 14.2 Å². The molecule has 1 unspecified atom stereocenters. The number of ether oxygens (including phenoxy) is 3. The van der Waals surface area contributed by atoms with Crippen LogP contribution in [0.15, 0.2) is 11.6 Å². The monoisotopic (exact) mass is 280 g/mol. The smallest absolute Gasteiger partial charge is 0.187 e. The second-order valence-corrected chi connectivity index (χ2v) is 7.07. The molecule has 1 saturated carbocycles. The van der Waals surface area contributed by atoms with Crippen LogP contribution in [0.2, 0.25) is 0 Å². The number of fused-ring (bicyclic) bond motifs is 1. The van der Waals surface area contributed by atoms with Crippen molar-refractivity contribution in [2.45, 2.75) is 76.5 Å². The highest BCUT2D eigenvalue weighted by Crippen LogP contribution is 2.44. The third-order valence-electron chi connectivity index (χ3n) is 4.22. The van der Waals surface area contributed by atoms with Crippen LogP contribution in [0.5, 0.6) is 0 Å². The summed E-state index contributed by atoms with van der Waals surface area (Å²) in [6.45, 7) is 6.47. The Morgan fingerprint density at radius 2 is 1.85 bits per heavy atom. The van der Waals surface area contributed by atoms with Crippen LogP contribution in [0.4, 0.5) is 0 Å². The molecule has 0 aromatic carbocycles. The van der Waals surface area contributed by atoms with Crippen LogP contribution in [-0.4, -0.2) is 36.0 Å². The van der Waals surface area contributed by atoms with E-state index in [9.17, 15) is 4.79 Å². The molecule has 0 N–H and O–H groups in total. The van der Waals surface area contributed by atoms with Gasteiger partial charge in [0.25, 0.3) is 0 Å². The summed E-state index contributed by atoms with van der Waals surface area (Å²) in [5.74, 6) is -0.477. The van der Waals surface area contributed by atoms with Crippen molar-refractivity contribution >= 4 is 5.78 Å². The van der Waals surface area contributed by atoms with Gasteiger partial charge >= 0.3 is 0 Å². The summed E-state index contributed by atoms with van der Waals surface area (Å²) in [6.07, 6.45) is 6.25. The van der Waals surface area contributed by atoms with E-state index in [1.807, 2.05) is 20.8 Å². The van der Waals surface area contributed by atoms with Crippen molar-refractivity contribution in [2.75, 3.05) is 6.61 Å². The first-order chi connectivity index (χ1) is 9.39. The molecule has 4 heteroatoms. The molecule has 1 saturated heterocycles. The first-order valence-electron chi connectivity index (χ1n) is 7.63. The van der Waals surface area contributed by atoms with Crippen LogP contribution in [0.1, 0.15) is 52.9 Å². The van der Waals surface area contributed by atoms with Gasteiger partial charge in [0, 0.05) is 12.8 Å². The number of hydrogen-bond donors (Lipinski definition) is 0. The predicted molar refractivity (Wildman–Crippen MR) is 74.4 cm³/mol. The minimum absolute atomic E-state index is 0.0324. The molecule has 0 bridgehead atoms. The van der Waals surface area contributed by atoms with Crippen LogP contribution in [0.3, 0.4) is 0 Å². The summed E-state index contributed by atoms with van der Waals surface area (Å²) in [5.41, 5.74) is 0.710. The van der Waals surface area contributed by atoms with Crippen LogP contribution in [0, 0.1) is 0 Å². The standard InChI is InChI=1S/C16H24O4/c1-15(2,3)18-10-11-9-12(17)14-13(11)19-16(20-14)7-5-4-6-8-16/h9,13-14H,4-8,10H2,1-3H3/t13-,14?/m0/s1. The average Bonchev–Trinajstić information content (AvgIpc) is 2.85. The molecule has 112 valence electrons.